The van der Waals surface area contributed by atoms with Gasteiger partial charge in [0.15, 0.2) is 24.3 Å². The first kappa shape index (κ1) is 56.5. The highest BCUT2D eigenvalue weighted by Gasteiger charge is 2.58. The zero-order chi connectivity index (χ0) is 51.7. The zero-order valence-electron chi connectivity index (χ0n) is 40.1. The number of carboxylic acid groups (broad SMARTS) is 1. The molecular formula is C46H69N7O15S4. The molecule has 14 unspecified atom stereocenters. The lowest BCUT2D eigenvalue weighted by atomic mass is 9.82. The van der Waals surface area contributed by atoms with Crippen LogP contribution < -0.4 is 22.1 Å². The number of nitrogens with one attached hydrogen (secondary N) is 2. The van der Waals surface area contributed by atoms with Crippen molar-refractivity contribution in [3.05, 3.63) is 59.2 Å². The minimum absolute atomic E-state index is 0.0346. The van der Waals surface area contributed by atoms with E-state index in [9.17, 15) is 50.4 Å². The van der Waals surface area contributed by atoms with Crippen molar-refractivity contribution >= 4 is 67.0 Å². The molecule has 7 rings (SSSR count). The van der Waals surface area contributed by atoms with Crippen molar-refractivity contribution in [1.82, 2.24) is 15.5 Å². The van der Waals surface area contributed by atoms with E-state index in [4.69, 9.17) is 35.2 Å². The van der Waals surface area contributed by atoms with Crippen molar-refractivity contribution < 1.29 is 74.1 Å². The number of carbonyl (C=O) groups is 2. The highest BCUT2D eigenvalue weighted by atomic mass is 33.1. The molecule has 0 amide bonds. The Morgan fingerprint density at radius 3 is 2.61 bits per heavy atom. The molecule has 1 saturated heterocycles. The molecule has 2 fully saturated rings. The SMILES string of the molecule is CC(C)OC1C(OC2OC=C3C(=O)OC4CCC(CO)C4CSSC4C(CC5CCN=C(N)N5)SSCC=CC2C3C=CC2=C(NC(N)=NCCCO)C(C(=O)O)=CN(C2)C4CO)OC(CO)C(O)C1(O)O. The van der Waals surface area contributed by atoms with E-state index < -0.39 is 85.3 Å². The molecule has 6 heterocycles. The summed E-state index contributed by atoms with van der Waals surface area (Å²) in [6, 6.07) is -0.751. The number of hydrogen-bond acceptors (Lipinski definition) is 23. The van der Waals surface area contributed by atoms with Crippen LogP contribution in [0.25, 0.3) is 0 Å². The molecule has 0 radical (unpaired) electrons. The van der Waals surface area contributed by atoms with Gasteiger partial charge in [-0.3, -0.25) is 9.98 Å². The maximum absolute atomic E-state index is 14.8. The van der Waals surface area contributed by atoms with Crippen molar-refractivity contribution in [2.75, 3.05) is 57.6 Å². The van der Waals surface area contributed by atoms with Gasteiger partial charge in [0.2, 0.25) is 12.1 Å². The number of aliphatic hydroxyl groups excluding tert-OH is 5. The van der Waals surface area contributed by atoms with Crippen LogP contribution in [0.5, 0.6) is 0 Å². The Labute approximate surface area is 434 Å². The van der Waals surface area contributed by atoms with Crippen molar-refractivity contribution in [3.63, 3.8) is 0 Å². The average Bonchev–Trinajstić information content (AvgIpc) is 3.73. The van der Waals surface area contributed by atoms with Gasteiger partial charge in [0.1, 0.15) is 18.3 Å². The summed E-state index contributed by atoms with van der Waals surface area (Å²) in [6.07, 6.45) is 2.93. The smallest absolute Gasteiger partial charge is 0.339 e. The molecule has 1 saturated carbocycles. The van der Waals surface area contributed by atoms with Gasteiger partial charge in [0.05, 0.1) is 59.6 Å². The number of aliphatic carboxylic acids is 1. The van der Waals surface area contributed by atoms with Crippen LogP contribution in [0.3, 0.4) is 0 Å². The molecule has 402 valence electrons. The quantitative estimate of drug-likeness (QED) is 0.0205. The van der Waals surface area contributed by atoms with E-state index in [0.29, 0.717) is 61.7 Å². The third-order valence-corrected chi connectivity index (χ3v) is 19.6. The van der Waals surface area contributed by atoms with Crippen LogP contribution in [0.1, 0.15) is 46.0 Å². The molecule has 0 aromatic carbocycles. The Hall–Kier alpha value is -3.22. The second-order valence-corrected chi connectivity index (χ2v) is 24.1. The molecule has 6 aliphatic heterocycles. The molecule has 14 N–H and O–H groups in total. The number of esters is 1. The third kappa shape index (κ3) is 13.4. The largest absolute Gasteiger partial charge is 0.478 e. The predicted octanol–water partition coefficient (Wildman–Crippen LogP) is -0.149. The van der Waals surface area contributed by atoms with Gasteiger partial charge in [-0.15, -0.1) is 0 Å². The molecule has 14 atom stereocenters. The predicted molar refractivity (Wildman–Crippen MR) is 273 cm³/mol. The van der Waals surface area contributed by atoms with Crippen LogP contribution in [0, 0.1) is 23.7 Å². The Balaban J connectivity index is 1.42. The van der Waals surface area contributed by atoms with Crippen LogP contribution in [-0.2, 0) is 33.3 Å². The lowest BCUT2D eigenvalue weighted by Crippen LogP contribution is -2.69. The van der Waals surface area contributed by atoms with Crippen LogP contribution in [0.4, 0.5) is 0 Å². The fourth-order valence-electron chi connectivity index (χ4n) is 9.90. The van der Waals surface area contributed by atoms with Crippen molar-refractivity contribution in [2.45, 2.75) is 117 Å². The van der Waals surface area contributed by atoms with E-state index in [0.717, 1.165) is 0 Å². The van der Waals surface area contributed by atoms with E-state index in [-0.39, 0.29) is 84.1 Å². The summed E-state index contributed by atoms with van der Waals surface area (Å²) in [7, 11) is 6.28. The third-order valence-electron chi connectivity index (χ3n) is 13.6. The van der Waals surface area contributed by atoms with E-state index in [1.165, 1.54) is 12.5 Å². The maximum Gasteiger partial charge on any atom is 0.339 e. The van der Waals surface area contributed by atoms with Gasteiger partial charge in [-0.2, -0.15) is 0 Å². The number of guanidine groups is 2. The Morgan fingerprint density at radius 2 is 1.90 bits per heavy atom. The van der Waals surface area contributed by atoms with E-state index in [1.807, 2.05) is 11.0 Å². The summed E-state index contributed by atoms with van der Waals surface area (Å²) >= 11 is 0. The summed E-state index contributed by atoms with van der Waals surface area (Å²) in [5.41, 5.74) is 12.9. The van der Waals surface area contributed by atoms with Crippen LogP contribution in [0.2, 0.25) is 0 Å². The molecular weight excluding hydrogens is 1020 g/mol. The normalized spacial score (nSPS) is 35.5. The van der Waals surface area contributed by atoms with E-state index >= 15 is 0 Å². The Morgan fingerprint density at radius 1 is 1.10 bits per heavy atom. The van der Waals surface area contributed by atoms with E-state index in [2.05, 4.69) is 20.6 Å². The number of hydrogen-bond donors (Lipinski definition) is 12. The molecule has 7 aliphatic rings. The number of nitrogens with zero attached hydrogens (tertiary/aromatic N) is 3. The fraction of sp³-hybridized carbons (Fsp3) is 0.696. The van der Waals surface area contributed by atoms with Gasteiger partial charge in [-0.05, 0) is 57.4 Å². The van der Waals surface area contributed by atoms with Crippen LogP contribution >= 0.6 is 43.2 Å². The maximum atomic E-state index is 14.8. The summed E-state index contributed by atoms with van der Waals surface area (Å²) in [5.74, 6) is -6.24. The zero-order valence-corrected chi connectivity index (χ0v) is 43.4. The van der Waals surface area contributed by atoms with E-state index in [1.54, 1.807) is 75.3 Å². The lowest BCUT2D eigenvalue weighted by molar-refractivity contribution is -0.413. The average molecular weight is 1090 g/mol. The minimum atomic E-state index is -2.97. The second-order valence-electron chi connectivity index (χ2n) is 18.8. The summed E-state index contributed by atoms with van der Waals surface area (Å²) < 4.78 is 31.0. The number of carbonyl (C=O) groups excluding carboxylic acids is 1. The molecule has 0 aromatic heterocycles. The highest BCUT2D eigenvalue weighted by molar-refractivity contribution is 8.78. The van der Waals surface area contributed by atoms with Crippen LogP contribution in [-0.4, -0.2) is 199 Å². The number of nitrogens with two attached hydrogens (primary N) is 2. The lowest BCUT2D eigenvalue weighted by Gasteiger charge is -2.48. The molecule has 26 heteroatoms. The number of aliphatic hydroxyl groups is 7. The first-order chi connectivity index (χ1) is 34.6. The summed E-state index contributed by atoms with van der Waals surface area (Å²) in [4.78, 5) is 38.7. The number of carboxylic acids is 1. The van der Waals surface area contributed by atoms with Gasteiger partial charge in [0, 0.05) is 73.7 Å². The fourth-order valence-corrected chi connectivity index (χ4v) is 16.7. The summed E-state index contributed by atoms with van der Waals surface area (Å²) in [5, 5.41) is 92.0. The second kappa shape index (κ2) is 26.0. The molecule has 0 aromatic rings. The highest BCUT2D eigenvalue weighted by Crippen LogP contribution is 2.48. The van der Waals surface area contributed by atoms with Crippen molar-refractivity contribution in [2.24, 2.45) is 45.1 Å². The van der Waals surface area contributed by atoms with Crippen molar-refractivity contribution in [3.8, 4) is 0 Å². The molecule has 4 bridgehead atoms. The van der Waals surface area contributed by atoms with Gasteiger partial charge in [-0.25, -0.2) is 9.59 Å². The number of fused-ring (bicyclic) bond motifs is 2. The molecule has 22 nitrogen and oxygen atoms in total. The van der Waals surface area contributed by atoms with Gasteiger partial charge >= 0.3 is 11.9 Å². The minimum Gasteiger partial charge on any atom is -0.478 e. The van der Waals surface area contributed by atoms with Crippen LogP contribution in [0.15, 0.2) is 69.2 Å². The number of aliphatic imine (C=N–C) groups is 2. The standard InChI is InChI=1S/C46H69N7O15S4/c1-23(2)65-39-43(67-34(20-57)38(58)46(39,62)63)68-42-28-5-3-14-69-71-35(15-26-10-12-50-44(47)51-26)37-32(19-56)53-16-24(36(29(17-53)40(59)60)52-45(48)49-11-4-13-54)6-8-27(28)30(21-64-42)41(61)66-33-9-7-25(18-55)31(33)22-70-72-37/h3,5-6,8,17,21,23,25-28,31-35,37-39,42-43,54-58,62-63H,4,7,9-16,18-20,22H2,1-2H3,(H,59,60)(H3,47,50,51)(H3,48,49,52). The van der Waals surface area contributed by atoms with Crippen molar-refractivity contribution in [1.29, 1.82) is 0 Å². The van der Waals surface area contributed by atoms with Gasteiger partial charge < -0.3 is 91.5 Å². The number of ether oxygens (including phenoxy) is 5. The number of rotatable bonds is 14. The topological polar surface area (TPSA) is 346 Å². The first-order valence-electron chi connectivity index (χ1n) is 24.2. The molecule has 0 spiro atoms. The molecule has 72 heavy (non-hydrogen) atoms. The Bertz CT molecular complexity index is 2110. The van der Waals surface area contributed by atoms with Gasteiger partial charge in [0.25, 0.3) is 0 Å². The van der Waals surface area contributed by atoms with Gasteiger partial charge in [-0.1, -0.05) is 67.5 Å². The molecule has 1 aliphatic carbocycles. The Kier molecular flexibility index (Phi) is 20.4. The first-order valence-corrected chi connectivity index (χ1v) is 28.9. The monoisotopic (exact) mass is 1090 g/mol. The summed E-state index contributed by atoms with van der Waals surface area (Å²) in [6.45, 7) is 2.53. The number of allylic oxidation sites excluding steroid dienone is 1.